The molecular weight excluding hydrogens is 462 g/mol. The summed E-state index contributed by atoms with van der Waals surface area (Å²) in [5.74, 6) is -1.03. The average molecular weight is 490 g/mol. The van der Waals surface area contributed by atoms with Gasteiger partial charge in [-0.3, -0.25) is 9.79 Å². The van der Waals surface area contributed by atoms with E-state index < -0.39 is 24.0 Å². The van der Waals surface area contributed by atoms with Crippen molar-refractivity contribution >= 4 is 35.3 Å². The molecule has 2 amide bonds. The number of nitrogens with one attached hydrogen (secondary N) is 4. The summed E-state index contributed by atoms with van der Waals surface area (Å²) in [7, 11) is 0. The molecule has 0 bridgehead atoms. The van der Waals surface area contributed by atoms with Crippen LogP contribution in [0.5, 0.6) is 0 Å². The summed E-state index contributed by atoms with van der Waals surface area (Å²) < 4.78 is 5.03. The zero-order valence-corrected chi connectivity index (χ0v) is 19.3. The highest BCUT2D eigenvalue weighted by atomic mass is 32.1. The number of nitrogens with zero attached hydrogens (tertiary/aromatic N) is 3. The highest BCUT2D eigenvalue weighted by Gasteiger charge is 2.23. The molecule has 0 aliphatic carbocycles. The van der Waals surface area contributed by atoms with E-state index in [0.717, 1.165) is 60.3 Å². The second-order valence-corrected chi connectivity index (χ2v) is 8.41. The van der Waals surface area contributed by atoms with Crippen molar-refractivity contribution in [1.82, 2.24) is 31.5 Å². The van der Waals surface area contributed by atoms with Gasteiger partial charge in [-0.15, -0.1) is 10.2 Å². The number of hydrogen-bond donors (Lipinski definition) is 5. The summed E-state index contributed by atoms with van der Waals surface area (Å²) in [6, 6.07) is 7.63. The molecule has 0 fully saturated rings. The third-order valence-corrected chi connectivity index (χ3v) is 5.70. The van der Waals surface area contributed by atoms with Gasteiger partial charge >= 0.3 is 12.1 Å². The van der Waals surface area contributed by atoms with Crippen molar-refractivity contribution in [2.24, 2.45) is 4.99 Å². The Labute approximate surface area is 200 Å². The van der Waals surface area contributed by atoms with Crippen LogP contribution >= 0.6 is 11.3 Å². The number of ether oxygens (including phenoxy) is 1. The van der Waals surface area contributed by atoms with Crippen LogP contribution in [0, 0.1) is 0 Å². The minimum absolute atomic E-state index is 0.000631. The molecule has 34 heavy (non-hydrogen) atoms. The number of guanidine groups is 1. The summed E-state index contributed by atoms with van der Waals surface area (Å²) in [6.45, 7) is 2.11. The lowest BCUT2D eigenvalue weighted by Gasteiger charge is -2.15. The van der Waals surface area contributed by atoms with E-state index in [-0.39, 0.29) is 18.2 Å². The van der Waals surface area contributed by atoms with E-state index in [0.29, 0.717) is 6.42 Å². The molecule has 1 aromatic heterocycles. The van der Waals surface area contributed by atoms with Crippen molar-refractivity contribution in [3.05, 3.63) is 45.9 Å². The van der Waals surface area contributed by atoms with Gasteiger partial charge in [-0.25, -0.2) is 9.59 Å². The van der Waals surface area contributed by atoms with Crippen molar-refractivity contribution in [1.29, 1.82) is 0 Å². The largest absolute Gasteiger partial charge is 0.480 e. The SMILES string of the molecule is O=C(NC(CNC(=O)c1nnc(CCCCNC2=NCCN2)s1)C(=O)O)OCc1ccccc1. The predicted molar refractivity (Wildman–Crippen MR) is 125 cm³/mol. The number of aliphatic carboxylic acids is 1. The van der Waals surface area contributed by atoms with Gasteiger partial charge in [-0.2, -0.15) is 0 Å². The summed E-state index contributed by atoms with van der Waals surface area (Å²) in [6.07, 6.45) is 1.56. The minimum atomic E-state index is -1.36. The Hall–Kier alpha value is -3.74. The number of carboxylic acids is 1. The van der Waals surface area contributed by atoms with Crippen molar-refractivity contribution in [2.75, 3.05) is 26.2 Å². The van der Waals surface area contributed by atoms with Gasteiger partial charge in [0.05, 0.1) is 6.54 Å². The number of amides is 2. The first-order valence-electron chi connectivity index (χ1n) is 10.8. The second-order valence-electron chi connectivity index (χ2n) is 7.35. The zero-order valence-electron chi connectivity index (χ0n) is 18.5. The first kappa shape index (κ1) is 24.9. The van der Waals surface area contributed by atoms with Crippen LogP contribution in [-0.4, -0.2) is 71.5 Å². The second kappa shape index (κ2) is 13.1. The van der Waals surface area contributed by atoms with Gasteiger partial charge in [-0.1, -0.05) is 41.7 Å². The van der Waals surface area contributed by atoms with Gasteiger partial charge in [0.2, 0.25) is 5.01 Å². The Morgan fingerprint density at radius 2 is 2.00 bits per heavy atom. The Kier molecular flexibility index (Phi) is 9.58. The van der Waals surface area contributed by atoms with E-state index in [1.165, 1.54) is 0 Å². The molecule has 2 aromatic rings. The molecule has 5 N–H and O–H groups in total. The lowest BCUT2D eigenvalue weighted by atomic mass is 10.2. The normalized spacial score (nSPS) is 13.4. The molecular formula is C21H27N7O5S. The zero-order chi connectivity index (χ0) is 24.2. The van der Waals surface area contributed by atoms with E-state index in [1.54, 1.807) is 24.3 Å². The number of carbonyl (C=O) groups is 3. The van der Waals surface area contributed by atoms with Crippen molar-refractivity contribution < 1.29 is 24.2 Å². The fourth-order valence-corrected chi connectivity index (χ4v) is 3.75. The van der Waals surface area contributed by atoms with E-state index in [1.807, 2.05) is 6.07 Å². The Morgan fingerprint density at radius 1 is 1.18 bits per heavy atom. The quantitative estimate of drug-likeness (QED) is 0.267. The van der Waals surface area contributed by atoms with Gasteiger partial charge in [0.1, 0.15) is 17.7 Å². The van der Waals surface area contributed by atoms with Crippen LogP contribution in [0.15, 0.2) is 35.3 Å². The summed E-state index contributed by atoms with van der Waals surface area (Å²) in [4.78, 5) is 40.0. The molecule has 0 saturated heterocycles. The van der Waals surface area contributed by atoms with Crippen LogP contribution < -0.4 is 21.3 Å². The molecule has 1 aliphatic rings. The molecule has 1 unspecified atom stereocenters. The number of hydrogen-bond acceptors (Lipinski definition) is 10. The third-order valence-electron chi connectivity index (χ3n) is 4.71. The maximum absolute atomic E-state index is 12.3. The van der Waals surface area contributed by atoms with Crippen molar-refractivity contribution in [3.63, 3.8) is 0 Å². The minimum Gasteiger partial charge on any atom is -0.480 e. The van der Waals surface area contributed by atoms with Crippen LogP contribution in [0.3, 0.4) is 0 Å². The molecule has 0 spiro atoms. The van der Waals surface area contributed by atoms with E-state index in [9.17, 15) is 19.5 Å². The fraction of sp³-hybridized carbons (Fsp3) is 0.429. The number of aryl methyl sites for hydroxylation is 1. The molecule has 12 nitrogen and oxygen atoms in total. The molecule has 182 valence electrons. The Balaban J connectivity index is 1.36. The summed E-state index contributed by atoms with van der Waals surface area (Å²) >= 11 is 1.15. The summed E-state index contributed by atoms with van der Waals surface area (Å²) in [5.41, 5.74) is 0.765. The fourth-order valence-electron chi connectivity index (χ4n) is 2.95. The highest BCUT2D eigenvalue weighted by molar-refractivity contribution is 7.13. The number of aliphatic imine (C=N–C) groups is 1. The van der Waals surface area contributed by atoms with Crippen LogP contribution in [-0.2, 0) is 22.6 Å². The van der Waals surface area contributed by atoms with Gasteiger partial charge in [0.15, 0.2) is 5.96 Å². The number of aromatic nitrogens is 2. The van der Waals surface area contributed by atoms with Crippen molar-refractivity contribution in [2.45, 2.75) is 31.9 Å². The lowest BCUT2D eigenvalue weighted by molar-refractivity contribution is -0.139. The van der Waals surface area contributed by atoms with Gasteiger partial charge in [-0.05, 0) is 18.4 Å². The predicted octanol–water partition coefficient (Wildman–Crippen LogP) is 0.519. The third kappa shape index (κ3) is 8.31. The van der Waals surface area contributed by atoms with E-state index in [2.05, 4.69) is 36.5 Å². The maximum atomic E-state index is 12.3. The Bertz CT molecular complexity index is 998. The molecule has 3 rings (SSSR count). The monoisotopic (exact) mass is 489 g/mol. The van der Waals surface area contributed by atoms with Crippen LogP contribution in [0.2, 0.25) is 0 Å². The van der Waals surface area contributed by atoms with E-state index in [4.69, 9.17) is 4.74 Å². The highest BCUT2D eigenvalue weighted by Crippen LogP contribution is 2.12. The Morgan fingerprint density at radius 3 is 2.74 bits per heavy atom. The number of unbranched alkanes of at least 4 members (excludes halogenated alkanes) is 1. The number of benzene rings is 1. The van der Waals surface area contributed by atoms with Gasteiger partial charge < -0.3 is 31.1 Å². The maximum Gasteiger partial charge on any atom is 0.408 e. The van der Waals surface area contributed by atoms with Crippen LogP contribution in [0.1, 0.15) is 33.2 Å². The van der Waals surface area contributed by atoms with Crippen LogP contribution in [0.25, 0.3) is 0 Å². The number of carbonyl (C=O) groups excluding carboxylic acids is 2. The summed E-state index contributed by atoms with van der Waals surface area (Å²) in [5, 5.41) is 29.1. The standard InChI is InChI=1S/C21H27N7O5S/c29-17(18-28-27-16(34-18)8-4-5-9-22-20-23-10-11-24-20)25-12-15(19(30)31)26-21(32)33-13-14-6-2-1-3-7-14/h1-3,6-7,15H,4-5,8-13H2,(H,25,29)(H,26,32)(H,30,31)(H2,22,23,24). The number of alkyl carbamates (subject to hydrolysis) is 1. The number of carboxylic acid groups (broad SMARTS) is 1. The van der Waals surface area contributed by atoms with Crippen LogP contribution in [0.4, 0.5) is 4.79 Å². The lowest BCUT2D eigenvalue weighted by Crippen LogP contribution is -2.48. The molecule has 13 heteroatoms. The molecule has 1 aliphatic heterocycles. The molecule has 0 radical (unpaired) electrons. The van der Waals surface area contributed by atoms with Gasteiger partial charge in [0.25, 0.3) is 5.91 Å². The first-order valence-corrected chi connectivity index (χ1v) is 11.7. The average Bonchev–Trinajstić information content (AvgIpc) is 3.53. The number of rotatable bonds is 12. The first-order chi connectivity index (χ1) is 16.5. The van der Waals surface area contributed by atoms with E-state index >= 15 is 0 Å². The molecule has 2 heterocycles. The smallest absolute Gasteiger partial charge is 0.408 e. The topological polar surface area (TPSA) is 167 Å². The van der Waals surface area contributed by atoms with Gasteiger partial charge in [0, 0.05) is 26.1 Å². The molecule has 0 saturated carbocycles. The molecule has 1 aromatic carbocycles. The van der Waals surface area contributed by atoms with Crippen molar-refractivity contribution in [3.8, 4) is 0 Å². The molecule has 1 atom stereocenters.